The lowest BCUT2D eigenvalue weighted by Crippen LogP contribution is -2.40. The van der Waals surface area contributed by atoms with Gasteiger partial charge in [-0.25, -0.2) is 0 Å². The molecule has 0 spiro atoms. The Bertz CT molecular complexity index is 617. The van der Waals surface area contributed by atoms with Gasteiger partial charge in [0.05, 0.1) is 0 Å². The molecular weight excluding hydrogens is 336 g/mol. The van der Waals surface area contributed by atoms with Gasteiger partial charge in [0.15, 0.2) is 0 Å². The topological polar surface area (TPSA) is 64.3 Å². The summed E-state index contributed by atoms with van der Waals surface area (Å²) in [7, 11) is 0. The molecule has 3 N–H and O–H groups in total. The van der Waals surface area contributed by atoms with Crippen molar-refractivity contribution in [2.24, 2.45) is 5.73 Å². The molecule has 2 aromatic carbocycles. The molecule has 0 saturated heterocycles. The van der Waals surface area contributed by atoms with E-state index in [1.807, 2.05) is 54.6 Å². The molecule has 4 nitrogen and oxygen atoms in total. The summed E-state index contributed by atoms with van der Waals surface area (Å²) in [5.74, 6) is 0.762. The molecule has 136 valence electrons. The zero-order valence-corrected chi connectivity index (χ0v) is 15.4. The van der Waals surface area contributed by atoms with Crippen LogP contribution in [0.4, 0.5) is 0 Å². The van der Waals surface area contributed by atoms with Crippen molar-refractivity contribution in [1.82, 2.24) is 5.32 Å². The van der Waals surface area contributed by atoms with Crippen LogP contribution in [0.1, 0.15) is 42.1 Å². The minimum atomic E-state index is -0.0721. The van der Waals surface area contributed by atoms with Crippen LogP contribution in [0.15, 0.2) is 54.6 Å². The van der Waals surface area contributed by atoms with E-state index < -0.39 is 0 Å². The predicted molar refractivity (Wildman–Crippen MR) is 104 cm³/mol. The van der Waals surface area contributed by atoms with Gasteiger partial charge in [0, 0.05) is 18.2 Å². The SMILES string of the molecule is CCCCC(CN)NC(=O)c1ccc(COc2ccccc2)cc1.Cl. The van der Waals surface area contributed by atoms with Crippen LogP contribution in [0, 0.1) is 0 Å². The number of nitrogens with two attached hydrogens (primary N) is 1. The molecule has 1 unspecified atom stereocenters. The lowest BCUT2D eigenvalue weighted by molar-refractivity contribution is 0.0935. The molecule has 0 aliphatic heterocycles. The quantitative estimate of drug-likeness (QED) is 0.710. The number of halogens is 1. The van der Waals surface area contributed by atoms with Gasteiger partial charge < -0.3 is 15.8 Å². The van der Waals surface area contributed by atoms with Crippen molar-refractivity contribution in [2.75, 3.05) is 6.54 Å². The fourth-order valence-corrected chi connectivity index (χ4v) is 2.40. The molecule has 0 aromatic heterocycles. The highest BCUT2D eigenvalue weighted by atomic mass is 35.5. The van der Waals surface area contributed by atoms with Gasteiger partial charge in [0.1, 0.15) is 12.4 Å². The lowest BCUT2D eigenvalue weighted by atomic mass is 10.1. The number of hydrogen-bond acceptors (Lipinski definition) is 3. The average Bonchev–Trinajstić information content (AvgIpc) is 2.64. The first-order valence-corrected chi connectivity index (χ1v) is 8.50. The van der Waals surface area contributed by atoms with Gasteiger partial charge in [-0.3, -0.25) is 4.79 Å². The van der Waals surface area contributed by atoms with E-state index in [2.05, 4.69) is 12.2 Å². The lowest BCUT2D eigenvalue weighted by Gasteiger charge is -2.16. The van der Waals surface area contributed by atoms with Crippen LogP contribution >= 0.6 is 12.4 Å². The number of benzene rings is 2. The van der Waals surface area contributed by atoms with Crippen molar-refractivity contribution >= 4 is 18.3 Å². The third kappa shape index (κ3) is 7.16. The second-order valence-corrected chi connectivity index (χ2v) is 5.85. The smallest absolute Gasteiger partial charge is 0.251 e. The van der Waals surface area contributed by atoms with Crippen LogP contribution < -0.4 is 15.8 Å². The fourth-order valence-electron chi connectivity index (χ4n) is 2.40. The summed E-state index contributed by atoms with van der Waals surface area (Å²) in [4.78, 5) is 12.3. The van der Waals surface area contributed by atoms with E-state index in [1.165, 1.54) is 0 Å². The first-order chi connectivity index (χ1) is 11.7. The van der Waals surface area contributed by atoms with E-state index in [0.29, 0.717) is 18.7 Å². The van der Waals surface area contributed by atoms with Crippen LogP contribution in [0.25, 0.3) is 0 Å². The first kappa shape index (κ1) is 21.0. The molecule has 2 rings (SSSR count). The van der Waals surface area contributed by atoms with Gasteiger partial charge in [0.2, 0.25) is 0 Å². The summed E-state index contributed by atoms with van der Waals surface area (Å²) in [5.41, 5.74) is 7.40. The maximum atomic E-state index is 12.3. The summed E-state index contributed by atoms with van der Waals surface area (Å²) in [6.07, 6.45) is 3.09. The molecule has 0 radical (unpaired) electrons. The Labute approximate surface area is 156 Å². The van der Waals surface area contributed by atoms with Crippen LogP contribution in [0.2, 0.25) is 0 Å². The molecule has 0 aliphatic carbocycles. The van der Waals surface area contributed by atoms with Gasteiger partial charge in [-0.1, -0.05) is 50.1 Å². The second kappa shape index (κ2) is 11.5. The largest absolute Gasteiger partial charge is 0.489 e. The highest BCUT2D eigenvalue weighted by Gasteiger charge is 2.12. The van der Waals surface area contributed by atoms with Gasteiger partial charge in [-0.05, 0) is 36.2 Å². The van der Waals surface area contributed by atoms with Gasteiger partial charge >= 0.3 is 0 Å². The first-order valence-electron chi connectivity index (χ1n) is 8.50. The molecular formula is C20H27ClN2O2. The molecule has 1 atom stereocenters. The van der Waals surface area contributed by atoms with E-state index in [0.717, 1.165) is 30.6 Å². The average molecular weight is 363 g/mol. The van der Waals surface area contributed by atoms with Crippen molar-refractivity contribution in [1.29, 1.82) is 0 Å². The highest BCUT2D eigenvalue weighted by Crippen LogP contribution is 2.12. The number of unbranched alkanes of at least 4 members (excludes halogenated alkanes) is 1. The Morgan fingerprint density at radius 3 is 2.40 bits per heavy atom. The van der Waals surface area contributed by atoms with E-state index in [9.17, 15) is 4.79 Å². The van der Waals surface area contributed by atoms with Gasteiger partial charge in [-0.15, -0.1) is 12.4 Å². The van der Waals surface area contributed by atoms with Crippen LogP contribution in [0.3, 0.4) is 0 Å². The Kier molecular flexibility index (Phi) is 9.66. The van der Waals surface area contributed by atoms with E-state index in [-0.39, 0.29) is 24.4 Å². The Morgan fingerprint density at radius 1 is 1.12 bits per heavy atom. The fraction of sp³-hybridized carbons (Fsp3) is 0.350. The number of hydrogen-bond donors (Lipinski definition) is 2. The standard InChI is InChI=1S/C20H26N2O2.ClH/c1-2-3-7-18(14-21)22-20(23)17-12-10-16(11-13-17)15-24-19-8-5-4-6-9-19;/h4-6,8-13,18H,2-3,7,14-15,21H2,1H3,(H,22,23);1H. The number of carbonyl (C=O) groups excluding carboxylic acids is 1. The van der Waals surface area contributed by atoms with Crippen molar-refractivity contribution in [3.8, 4) is 5.75 Å². The van der Waals surface area contributed by atoms with Crippen LogP contribution in [0.5, 0.6) is 5.75 Å². The number of para-hydroxylation sites is 1. The Hall–Kier alpha value is -2.04. The number of nitrogens with one attached hydrogen (secondary N) is 1. The third-order valence-electron chi connectivity index (χ3n) is 3.89. The summed E-state index contributed by atoms with van der Waals surface area (Å²) < 4.78 is 5.70. The third-order valence-corrected chi connectivity index (χ3v) is 3.89. The molecule has 2 aromatic rings. The summed E-state index contributed by atoms with van der Waals surface area (Å²) in [6.45, 7) is 3.08. The zero-order chi connectivity index (χ0) is 17.2. The van der Waals surface area contributed by atoms with E-state index in [4.69, 9.17) is 10.5 Å². The van der Waals surface area contributed by atoms with Gasteiger partial charge in [0.25, 0.3) is 5.91 Å². The van der Waals surface area contributed by atoms with Gasteiger partial charge in [-0.2, -0.15) is 0 Å². The maximum Gasteiger partial charge on any atom is 0.251 e. The molecule has 5 heteroatoms. The molecule has 0 heterocycles. The minimum absolute atomic E-state index is 0. The number of rotatable bonds is 9. The normalized spacial score (nSPS) is 11.3. The van der Waals surface area contributed by atoms with Crippen molar-refractivity contribution in [2.45, 2.75) is 38.8 Å². The summed E-state index contributed by atoms with van der Waals surface area (Å²) >= 11 is 0. The second-order valence-electron chi connectivity index (χ2n) is 5.85. The number of amides is 1. The number of carbonyl (C=O) groups is 1. The number of ether oxygens (including phenoxy) is 1. The molecule has 0 fully saturated rings. The van der Waals surface area contributed by atoms with Crippen LogP contribution in [-0.4, -0.2) is 18.5 Å². The Balaban J connectivity index is 0.00000312. The highest BCUT2D eigenvalue weighted by molar-refractivity contribution is 5.94. The minimum Gasteiger partial charge on any atom is -0.489 e. The predicted octanol–water partition coefficient (Wildman–Crippen LogP) is 3.93. The summed E-state index contributed by atoms with van der Waals surface area (Å²) in [6, 6.07) is 17.2. The summed E-state index contributed by atoms with van der Waals surface area (Å²) in [5, 5.41) is 3.00. The van der Waals surface area contributed by atoms with Crippen molar-refractivity contribution in [3.63, 3.8) is 0 Å². The molecule has 1 amide bonds. The zero-order valence-electron chi connectivity index (χ0n) is 14.6. The van der Waals surface area contributed by atoms with Crippen molar-refractivity contribution < 1.29 is 9.53 Å². The molecule has 0 saturated carbocycles. The molecule has 25 heavy (non-hydrogen) atoms. The molecule has 0 aliphatic rings. The van der Waals surface area contributed by atoms with Crippen LogP contribution in [-0.2, 0) is 6.61 Å². The van der Waals surface area contributed by atoms with E-state index >= 15 is 0 Å². The van der Waals surface area contributed by atoms with Crippen molar-refractivity contribution in [3.05, 3.63) is 65.7 Å². The Morgan fingerprint density at radius 2 is 1.80 bits per heavy atom. The monoisotopic (exact) mass is 362 g/mol. The molecule has 0 bridgehead atoms. The van der Waals surface area contributed by atoms with E-state index in [1.54, 1.807) is 0 Å². The maximum absolute atomic E-state index is 12.3.